The number of anilines is 1. The fourth-order valence-corrected chi connectivity index (χ4v) is 8.34. The first kappa shape index (κ1) is 53.4. The number of unbranched alkanes of at least 4 members (excludes halogenated alkanes) is 2. The number of aliphatic hydroxyl groups excluding tert-OH is 1. The van der Waals surface area contributed by atoms with Gasteiger partial charge >= 0.3 is 11.9 Å². The predicted octanol–water partition coefficient (Wildman–Crippen LogP) is 9.78. The number of hydrogen-bond acceptors (Lipinski definition) is 10. The van der Waals surface area contributed by atoms with Gasteiger partial charge in [0, 0.05) is 97.1 Å². The monoisotopic (exact) mass is 924 g/mol. The van der Waals surface area contributed by atoms with E-state index in [0.717, 1.165) is 87.3 Å². The summed E-state index contributed by atoms with van der Waals surface area (Å²) in [5.41, 5.74) is 10.0. The van der Waals surface area contributed by atoms with Crippen molar-refractivity contribution in [2.45, 2.75) is 46.0 Å². The molecule has 0 radical (unpaired) electrons. The summed E-state index contributed by atoms with van der Waals surface area (Å²) >= 11 is 8.89. The summed E-state index contributed by atoms with van der Waals surface area (Å²) in [7, 11) is 4.95. The Bertz CT molecular complexity index is 2380. The highest BCUT2D eigenvalue weighted by Crippen LogP contribution is 2.36. The molecule has 7 rings (SSSR count). The van der Waals surface area contributed by atoms with E-state index in [9.17, 15) is 9.59 Å². The molecular formula is C44H52N4O6S6. The highest BCUT2D eigenvalue weighted by atomic mass is 33.3. The molecular weight excluding hydrogens is 873 g/mol. The zero-order valence-corrected chi connectivity index (χ0v) is 37.4. The van der Waals surface area contributed by atoms with Crippen LogP contribution in [0.5, 0.6) is 11.5 Å². The third-order valence-corrected chi connectivity index (χ3v) is 12.6. The Morgan fingerprint density at radius 1 is 0.617 bits per heavy atom. The number of carboxylic acid groups (broad SMARTS) is 2. The number of para-hydroxylation sites is 5. The summed E-state index contributed by atoms with van der Waals surface area (Å²) in [6, 6.07) is 42.1. The summed E-state index contributed by atoms with van der Waals surface area (Å²) in [4.78, 5) is 29.8. The van der Waals surface area contributed by atoms with Crippen molar-refractivity contribution < 1.29 is 29.6 Å². The second kappa shape index (κ2) is 31.3. The van der Waals surface area contributed by atoms with Crippen molar-refractivity contribution in [1.82, 2.24) is 9.97 Å². The van der Waals surface area contributed by atoms with Gasteiger partial charge in [0.1, 0.15) is 11.5 Å². The Balaban J connectivity index is 0.000000441. The van der Waals surface area contributed by atoms with E-state index in [0.29, 0.717) is 19.4 Å². The number of benzene rings is 5. The van der Waals surface area contributed by atoms with Gasteiger partial charge in [0.05, 0.1) is 27.8 Å². The number of carbonyl (C=O) groups is 2. The summed E-state index contributed by atoms with van der Waals surface area (Å²) in [6.45, 7) is 1.35. The first-order chi connectivity index (χ1) is 28.4. The number of fused-ring (bicyclic) bond motifs is 4. The molecule has 0 atom stereocenters. The van der Waals surface area contributed by atoms with Crippen LogP contribution in [0.3, 0.4) is 0 Å². The molecule has 0 bridgehead atoms. The molecule has 0 aliphatic rings. The molecule has 2 heterocycles. The van der Waals surface area contributed by atoms with Crippen molar-refractivity contribution >= 4 is 124 Å². The van der Waals surface area contributed by atoms with Crippen LogP contribution in [0, 0.1) is 0 Å². The van der Waals surface area contributed by atoms with Gasteiger partial charge in [0.2, 0.25) is 0 Å². The number of carboxylic acids is 2. The quantitative estimate of drug-likeness (QED) is 0.0582. The van der Waals surface area contributed by atoms with E-state index < -0.39 is 11.9 Å². The van der Waals surface area contributed by atoms with Crippen molar-refractivity contribution in [1.29, 1.82) is 0 Å². The number of ether oxygens (including phenoxy) is 1. The van der Waals surface area contributed by atoms with Crippen LogP contribution in [0.4, 0.5) is 5.69 Å². The van der Waals surface area contributed by atoms with Crippen LogP contribution < -0.4 is 15.8 Å². The Kier molecular flexibility index (Phi) is 27.8. The molecule has 0 saturated heterocycles. The van der Waals surface area contributed by atoms with Gasteiger partial charge < -0.3 is 31.1 Å². The number of nitrogens with one attached hydrogen (secondary N) is 1. The Hall–Kier alpha value is -4.65. The van der Waals surface area contributed by atoms with E-state index in [1.54, 1.807) is 0 Å². The molecule has 0 spiro atoms. The van der Waals surface area contributed by atoms with E-state index in [4.69, 9.17) is 30.8 Å². The van der Waals surface area contributed by atoms with E-state index in [1.807, 2.05) is 115 Å². The molecule has 16 heteroatoms. The average Bonchev–Trinajstić information content (AvgIpc) is 3.25. The molecule has 320 valence electrons. The first-order valence-corrected chi connectivity index (χ1v) is 23.5. The van der Waals surface area contributed by atoms with E-state index in [2.05, 4.69) is 44.8 Å². The highest BCUT2D eigenvalue weighted by Gasteiger charge is 2.11. The summed E-state index contributed by atoms with van der Waals surface area (Å²) in [5, 5.41) is 31.5. The number of hydrogen-bond donors (Lipinski definition) is 5. The van der Waals surface area contributed by atoms with Crippen LogP contribution in [0.25, 0.3) is 43.6 Å². The largest absolute Gasteiger partial charge is 0.481 e. The third kappa shape index (κ3) is 17.9. The van der Waals surface area contributed by atoms with Crippen molar-refractivity contribution in [2.24, 2.45) is 5.73 Å². The molecule has 0 aliphatic carbocycles. The lowest BCUT2D eigenvalue weighted by Crippen LogP contribution is -2.04. The Morgan fingerprint density at radius 2 is 1.00 bits per heavy atom. The minimum atomic E-state index is -0.738. The molecule has 0 amide bonds. The van der Waals surface area contributed by atoms with Gasteiger partial charge in [0.25, 0.3) is 0 Å². The van der Waals surface area contributed by atoms with Crippen LogP contribution in [0.2, 0.25) is 0 Å². The van der Waals surface area contributed by atoms with Crippen molar-refractivity contribution in [3.05, 3.63) is 127 Å². The maximum absolute atomic E-state index is 10.6. The number of pyridine rings is 2. The molecule has 6 N–H and O–H groups in total. The van der Waals surface area contributed by atoms with Gasteiger partial charge in [-0.2, -0.15) is 13.5 Å². The smallest absolute Gasteiger partial charge is 0.303 e. The number of aliphatic carboxylic acids is 2. The van der Waals surface area contributed by atoms with Gasteiger partial charge in [-0.05, 0) is 80.8 Å². The molecule has 60 heavy (non-hydrogen) atoms. The van der Waals surface area contributed by atoms with Crippen LogP contribution in [-0.2, 0) is 58.6 Å². The molecule has 0 saturated carbocycles. The third-order valence-electron chi connectivity index (χ3n) is 8.11. The summed E-state index contributed by atoms with van der Waals surface area (Å²) < 4.78 is 6.16. The van der Waals surface area contributed by atoms with Gasteiger partial charge in [-0.1, -0.05) is 86.3 Å². The number of nitrogens with two attached hydrogens (primary N) is 1. The fraction of sp³-hybridized carbons (Fsp3) is 0.227. The molecule has 2 aromatic heterocycles. The Morgan fingerprint density at radius 3 is 1.40 bits per heavy atom. The zero-order chi connectivity index (χ0) is 42.0. The van der Waals surface area contributed by atoms with E-state index >= 15 is 0 Å². The lowest BCUT2D eigenvalue weighted by Gasteiger charge is -2.13. The van der Waals surface area contributed by atoms with Crippen LogP contribution in [0.1, 0.15) is 46.0 Å². The zero-order valence-electron chi connectivity index (χ0n) is 32.4. The number of nitrogens with zero attached hydrogens (tertiary/aromatic N) is 2. The second-order valence-corrected chi connectivity index (χ2v) is 17.3. The number of rotatable bonds is 12. The normalized spacial score (nSPS) is 9.58. The lowest BCUT2D eigenvalue weighted by atomic mass is 10.1. The van der Waals surface area contributed by atoms with Crippen molar-refractivity contribution in [3.63, 3.8) is 0 Å². The van der Waals surface area contributed by atoms with Crippen molar-refractivity contribution in [2.75, 3.05) is 25.5 Å². The highest BCUT2D eigenvalue weighted by molar-refractivity contribution is 8.59. The first-order valence-electron chi connectivity index (χ1n) is 18.2. The van der Waals surface area contributed by atoms with Crippen LogP contribution in [0.15, 0.2) is 127 Å². The fourth-order valence-electron chi connectivity index (χ4n) is 5.59. The van der Waals surface area contributed by atoms with Crippen LogP contribution in [-0.4, -0.2) is 57.4 Å². The molecule has 0 aliphatic heterocycles. The van der Waals surface area contributed by atoms with Gasteiger partial charge in [-0.25, -0.2) is 9.97 Å². The molecule has 5 aromatic carbocycles. The number of aliphatic hydroxyl groups is 1. The maximum atomic E-state index is 10.6. The number of aromatic nitrogens is 2. The standard InChI is InChI=1S/C19H13NO.C18H18N2O2.C5H11NO2.CH4O.CH4.S5.H2S/c1-2-8-14(9-3-1)21-19-15-10-4-6-12-17(15)20-18-13-7-5-11-16(18)19;21-17(22)11-5-6-12-19-18-13-7-1-3-9-15(13)20-16-10-4-2-8-14(16)18;6-4-2-1-3-5(7)8;1-2;;1-3-5-4-2;/h1-13H;1-4,7-10H,5-6,11-12H2,(H,19,20)(H,21,22);1-4,6H2,(H,7,8);2H,1H3;1H4;;1H2. The van der Waals surface area contributed by atoms with Gasteiger partial charge in [-0.15, -0.1) is 0 Å². The van der Waals surface area contributed by atoms with E-state index in [-0.39, 0.29) is 33.8 Å². The summed E-state index contributed by atoms with van der Waals surface area (Å²) in [6.07, 6.45) is 3.50. The molecule has 10 nitrogen and oxygen atoms in total. The average molecular weight is 925 g/mol. The molecule has 0 unspecified atom stereocenters. The summed E-state index contributed by atoms with van der Waals surface area (Å²) in [5.74, 6) is 0.222. The van der Waals surface area contributed by atoms with Crippen LogP contribution >= 0.6 is 13.5 Å². The van der Waals surface area contributed by atoms with E-state index in [1.165, 1.54) is 26.6 Å². The molecule has 7 aromatic rings. The topological polar surface area (TPSA) is 168 Å². The minimum absolute atomic E-state index is 0. The van der Waals surface area contributed by atoms with Gasteiger partial charge in [0.15, 0.2) is 0 Å². The second-order valence-electron chi connectivity index (χ2n) is 12.0. The lowest BCUT2D eigenvalue weighted by molar-refractivity contribution is -0.138. The Labute approximate surface area is 377 Å². The predicted molar refractivity (Wildman–Crippen MR) is 268 cm³/mol. The SMILES string of the molecule is C.CO.NCCCCC(=O)O.O=C(O)CCCCNc1c2ccccc2nc2ccccc12.S.S=S=S=S=S.c1ccc(Oc2c3ccccc3nc3ccccc23)cc1. The van der Waals surface area contributed by atoms with Gasteiger partial charge in [-0.3, -0.25) is 9.59 Å². The van der Waals surface area contributed by atoms with Crippen molar-refractivity contribution in [3.8, 4) is 11.5 Å². The molecule has 0 fully saturated rings. The minimum Gasteiger partial charge on any atom is -0.481 e. The maximum Gasteiger partial charge on any atom is 0.303 e.